The Hall–Kier alpha value is -3.51. The van der Waals surface area contributed by atoms with Crippen LogP contribution in [0.25, 0.3) is 5.69 Å². The fourth-order valence-corrected chi connectivity index (χ4v) is 5.87. The first-order chi connectivity index (χ1) is 16.8. The molecule has 1 aliphatic rings. The van der Waals surface area contributed by atoms with Crippen LogP contribution in [0.4, 0.5) is 10.1 Å². The summed E-state index contributed by atoms with van der Waals surface area (Å²) in [5.74, 6) is -0.303. The fraction of sp³-hybridized carbons (Fsp3) is 0.241. The smallest absolute Gasteiger partial charge is 0.174 e. The van der Waals surface area contributed by atoms with Gasteiger partial charge in [-0.2, -0.15) is 0 Å². The molecule has 0 bridgehead atoms. The largest absolute Gasteiger partial charge is 0.351 e. The molecule has 0 radical (unpaired) electrons. The van der Waals surface area contributed by atoms with Crippen molar-refractivity contribution < 1.29 is 4.39 Å². The summed E-state index contributed by atoms with van der Waals surface area (Å²) in [4.78, 5) is 6.53. The fourth-order valence-electron chi connectivity index (χ4n) is 5.53. The van der Waals surface area contributed by atoms with E-state index in [1.807, 2.05) is 29.2 Å². The highest BCUT2D eigenvalue weighted by molar-refractivity contribution is 7.80. The van der Waals surface area contributed by atoms with Crippen LogP contribution in [0, 0.1) is 40.4 Å². The molecule has 1 N–H and O–H groups in total. The number of nitrogens with one attached hydrogen (secondary N) is 1. The van der Waals surface area contributed by atoms with Gasteiger partial charge in [-0.1, -0.05) is 35.9 Å². The topological polar surface area (TPSA) is 33.1 Å². The molecule has 35 heavy (non-hydrogen) atoms. The van der Waals surface area contributed by atoms with Crippen molar-refractivity contribution >= 4 is 23.0 Å². The molecule has 0 saturated carbocycles. The number of aromatic nitrogens is 2. The van der Waals surface area contributed by atoms with Crippen molar-refractivity contribution in [2.24, 2.45) is 0 Å². The molecule has 2 aromatic heterocycles. The van der Waals surface area contributed by atoms with Gasteiger partial charge < -0.3 is 14.8 Å². The van der Waals surface area contributed by atoms with E-state index in [2.05, 4.69) is 67.7 Å². The molecular weight excluding hydrogens is 455 g/mol. The lowest BCUT2D eigenvalue weighted by Gasteiger charge is -2.28. The molecule has 6 heteroatoms. The maximum atomic E-state index is 15.1. The van der Waals surface area contributed by atoms with Crippen LogP contribution < -0.4 is 10.2 Å². The van der Waals surface area contributed by atoms with Gasteiger partial charge in [0, 0.05) is 17.6 Å². The van der Waals surface area contributed by atoms with Crippen molar-refractivity contribution in [2.75, 3.05) is 4.90 Å². The van der Waals surface area contributed by atoms with Gasteiger partial charge in [0.1, 0.15) is 5.82 Å². The standard InChI is InChI=1S/C29H29FN4S/c1-17-14-18(2)27(19(3)15-17)33-20(4)16-22(21(33)5)28-26(24-11-8-9-13-31-24)32-29(35)34(28)25-12-7-6-10-23(25)30/h6-16,26,28H,1-5H3,(H,32,35)/t26-,28-/m0/s1. The molecular formula is C29H29FN4S. The number of halogens is 1. The van der Waals surface area contributed by atoms with Gasteiger partial charge in [0.05, 0.1) is 29.2 Å². The van der Waals surface area contributed by atoms with Gasteiger partial charge in [-0.15, -0.1) is 0 Å². The van der Waals surface area contributed by atoms with Gasteiger partial charge in [-0.3, -0.25) is 4.98 Å². The summed E-state index contributed by atoms with van der Waals surface area (Å²) in [7, 11) is 0. The summed E-state index contributed by atoms with van der Waals surface area (Å²) in [5.41, 5.74) is 9.54. The molecule has 1 aliphatic heterocycles. The van der Waals surface area contributed by atoms with Crippen molar-refractivity contribution in [3.63, 3.8) is 0 Å². The molecule has 2 aromatic carbocycles. The van der Waals surface area contributed by atoms with Gasteiger partial charge in [0.15, 0.2) is 5.11 Å². The van der Waals surface area contributed by atoms with Crippen LogP contribution in [0.5, 0.6) is 0 Å². The Balaban J connectivity index is 1.73. The number of benzene rings is 2. The summed E-state index contributed by atoms with van der Waals surface area (Å²) in [5, 5.41) is 3.93. The minimum atomic E-state index is -0.303. The van der Waals surface area contributed by atoms with Gasteiger partial charge >= 0.3 is 0 Å². The van der Waals surface area contributed by atoms with Crippen LogP contribution in [-0.2, 0) is 0 Å². The van der Waals surface area contributed by atoms with Gasteiger partial charge in [0.2, 0.25) is 0 Å². The van der Waals surface area contributed by atoms with E-state index >= 15 is 4.39 Å². The maximum absolute atomic E-state index is 15.1. The van der Waals surface area contributed by atoms with Crippen LogP contribution in [0.15, 0.2) is 66.9 Å². The van der Waals surface area contributed by atoms with Crippen molar-refractivity contribution in [3.8, 4) is 5.69 Å². The zero-order valence-electron chi connectivity index (χ0n) is 20.6. The van der Waals surface area contributed by atoms with Crippen LogP contribution in [0.3, 0.4) is 0 Å². The third-order valence-electron chi connectivity index (χ3n) is 6.86. The minimum Gasteiger partial charge on any atom is -0.351 e. The highest BCUT2D eigenvalue weighted by Crippen LogP contribution is 2.44. The number of rotatable bonds is 4. The molecule has 3 heterocycles. The van der Waals surface area contributed by atoms with Gasteiger partial charge in [-0.05, 0) is 93.9 Å². The lowest BCUT2D eigenvalue weighted by Crippen LogP contribution is -2.30. The van der Waals surface area contributed by atoms with E-state index in [0.717, 1.165) is 22.6 Å². The van der Waals surface area contributed by atoms with Gasteiger partial charge in [0.25, 0.3) is 0 Å². The third-order valence-corrected chi connectivity index (χ3v) is 7.17. The summed E-state index contributed by atoms with van der Waals surface area (Å²) >= 11 is 5.78. The average molecular weight is 485 g/mol. The highest BCUT2D eigenvalue weighted by Gasteiger charge is 2.43. The van der Waals surface area contributed by atoms with E-state index < -0.39 is 0 Å². The van der Waals surface area contributed by atoms with Crippen LogP contribution >= 0.6 is 12.2 Å². The molecule has 4 nitrogen and oxygen atoms in total. The molecule has 0 unspecified atom stereocenters. The van der Waals surface area contributed by atoms with Crippen LogP contribution in [-0.4, -0.2) is 14.7 Å². The molecule has 1 saturated heterocycles. The van der Waals surface area contributed by atoms with Crippen molar-refractivity contribution in [1.82, 2.24) is 14.9 Å². The van der Waals surface area contributed by atoms with Crippen molar-refractivity contribution in [3.05, 3.63) is 112 Å². The first-order valence-corrected chi connectivity index (χ1v) is 12.2. The summed E-state index contributed by atoms with van der Waals surface area (Å²) in [6.07, 6.45) is 1.78. The van der Waals surface area contributed by atoms with E-state index in [-0.39, 0.29) is 17.9 Å². The molecule has 0 amide bonds. The Morgan fingerprint density at radius 1 is 0.914 bits per heavy atom. The molecule has 5 rings (SSSR count). The van der Waals surface area contributed by atoms with Crippen molar-refractivity contribution in [1.29, 1.82) is 0 Å². The predicted molar refractivity (Wildman–Crippen MR) is 144 cm³/mol. The number of nitrogens with zero attached hydrogens (tertiary/aromatic N) is 3. The zero-order valence-corrected chi connectivity index (χ0v) is 21.4. The van der Waals surface area contributed by atoms with Crippen molar-refractivity contribution in [2.45, 2.75) is 46.7 Å². The normalized spacial score (nSPS) is 17.7. The SMILES string of the molecule is Cc1cc(C)c(-n2c(C)cc([C@H]3[C@H](c4ccccn4)NC(=S)N3c3ccccc3F)c2C)c(C)c1. The minimum absolute atomic E-state index is 0.225. The molecule has 1 fully saturated rings. The molecule has 4 aromatic rings. The van der Waals surface area contributed by atoms with E-state index in [1.165, 1.54) is 28.4 Å². The Morgan fingerprint density at radius 3 is 2.26 bits per heavy atom. The van der Waals surface area contributed by atoms with E-state index in [1.54, 1.807) is 18.3 Å². The second kappa shape index (κ2) is 8.93. The predicted octanol–water partition coefficient (Wildman–Crippen LogP) is 6.73. The highest BCUT2D eigenvalue weighted by atomic mass is 32.1. The van der Waals surface area contributed by atoms with E-state index in [4.69, 9.17) is 12.2 Å². The Labute approximate surface area is 211 Å². The molecule has 0 spiro atoms. The maximum Gasteiger partial charge on any atom is 0.174 e. The van der Waals surface area contributed by atoms with Crippen LogP contribution in [0.1, 0.15) is 51.4 Å². The Bertz CT molecular complexity index is 1400. The zero-order chi connectivity index (χ0) is 24.9. The lowest BCUT2D eigenvalue weighted by molar-refractivity contribution is 0.556. The monoisotopic (exact) mass is 484 g/mol. The molecule has 178 valence electrons. The molecule has 0 aliphatic carbocycles. The lowest BCUT2D eigenvalue weighted by atomic mass is 9.96. The molecule has 2 atom stereocenters. The first-order valence-electron chi connectivity index (χ1n) is 11.8. The second-order valence-corrected chi connectivity index (χ2v) is 9.74. The second-order valence-electron chi connectivity index (χ2n) is 9.36. The van der Waals surface area contributed by atoms with E-state index in [9.17, 15) is 0 Å². The first kappa shape index (κ1) is 23.2. The summed E-state index contributed by atoms with van der Waals surface area (Å²) in [6, 6.07) is 18.8. The number of hydrogen-bond acceptors (Lipinski definition) is 2. The number of para-hydroxylation sites is 1. The quantitative estimate of drug-likeness (QED) is 0.326. The number of anilines is 1. The number of pyridine rings is 1. The van der Waals surface area contributed by atoms with E-state index in [0.29, 0.717) is 10.8 Å². The van der Waals surface area contributed by atoms with Crippen LogP contribution in [0.2, 0.25) is 0 Å². The van der Waals surface area contributed by atoms with Gasteiger partial charge in [-0.25, -0.2) is 4.39 Å². The Morgan fingerprint density at radius 2 is 1.60 bits per heavy atom. The summed E-state index contributed by atoms with van der Waals surface area (Å²) < 4.78 is 17.4. The summed E-state index contributed by atoms with van der Waals surface area (Å²) in [6.45, 7) is 10.7. The number of hydrogen-bond donors (Lipinski definition) is 1. The number of aryl methyl sites for hydroxylation is 4. The average Bonchev–Trinajstić information content (AvgIpc) is 3.30. The Kier molecular flexibility index (Phi) is 5.93. The third kappa shape index (κ3) is 3.92. The number of thiocarbonyl (C=S) groups is 1.